The molecular formula is C17H31N3O12P2. The number of ether oxygens (including phenoxy) is 1. The number of nitrogens with one attached hydrogen (secondary N) is 1. The summed E-state index contributed by atoms with van der Waals surface area (Å²) in [5.41, 5.74) is 2.93. The van der Waals surface area contributed by atoms with E-state index in [9.17, 15) is 38.7 Å². The summed E-state index contributed by atoms with van der Waals surface area (Å²) in [5, 5.41) is 29.7. The van der Waals surface area contributed by atoms with Crippen molar-refractivity contribution in [2.45, 2.75) is 62.3 Å². The standard InChI is InChI=1S/C17H31N3O12P2/c18-7-3-5-11(4-1-2-9-21)33(26,32-34(27,28)29)30-10-12-14(23)15(24)16(31-12)20-8-6-13(22)19-17(20)25/h6,8,11-12,14-16,21,23-24H,1-5,7,9-10,18H2,(H,19,22,25)(H2,27,28,29)/t11?,12-,14-,15-,16-,33?/m1/s1. The van der Waals surface area contributed by atoms with Gasteiger partial charge in [-0.25, -0.2) is 13.7 Å². The van der Waals surface area contributed by atoms with Gasteiger partial charge in [-0.3, -0.25) is 18.9 Å². The molecule has 6 atom stereocenters. The molecule has 2 rings (SSSR count). The predicted molar refractivity (Wildman–Crippen MR) is 117 cm³/mol. The molecule has 0 saturated carbocycles. The lowest BCUT2D eigenvalue weighted by Crippen LogP contribution is -2.37. The minimum atomic E-state index is -5.27. The third-order valence-corrected chi connectivity index (χ3v) is 8.92. The zero-order valence-electron chi connectivity index (χ0n) is 18.2. The van der Waals surface area contributed by atoms with Crippen LogP contribution in [0.3, 0.4) is 0 Å². The fourth-order valence-corrected chi connectivity index (χ4v) is 7.02. The number of aromatic nitrogens is 2. The molecule has 2 unspecified atom stereocenters. The summed E-state index contributed by atoms with van der Waals surface area (Å²) < 4.78 is 41.2. The van der Waals surface area contributed by atoms with E-state index in [2.05, 4.69) is 4.31 Å². The van der Waals surface area contributed by atoms with Crippen molar-refractivity contribution in [1.82, 2.24) is 9.55 Å². The quantitative estimate of drug-likeness (QED) is 0.110. The van der Waals surface area contributed by atoms with Crippen molar-refractivity contribution < 1.29 is 47.8 Å². The molecule has 196 valence electrons. The highest BCUT2D eigenvalue weighted by molar-refractivity contribution is 7.64. The Morgan fingerprint density at radius 3 is 2.41 bits per heavy atom. The molecule has 1 aliphatic rings. The Labute approximate surface area is 194 Å². The fourth-order valence-electron chi connectivity index (χ4n) is 3.55. The van der Waals surface area contributed by atoms with Crippen LogP contribution in [0.25, 0.3) is 0 Å². The van der Waals surface area contributed by atoms with Crippen molar-refractivity contribution in [1.29, 1.82) is 0 Å². The molecule has 0 amide bonds. The molecular weight excluding hydrogens is 500 g/mol. The molecule has 17 heteroatoms. The van der Waals surface area contributed by atoms with Gasteiger partial charge < -0.3 is 40.1 Å². The van der Waals surface area contributed by atoms with Crippen LogP contribution in [0.1, 0.15) is 38.3 Å². The van der Waals surface area contributed by atoms with E-state index in [1.165, 1.54) is 0 Å². The Morgan fingerprint density at radius 2 is 1.82 bits per heavy atom. The van der Waals surface area contributed by atoms with Gasteiger partial charge in [0, 0.05) is 18.9 Å². The number of aliphatic hydroxyl groups is 3. The van der Waals surface area contributed by atoms with Crippen LogP contribution in [0.15, 0.2) is 21.9 Å². The Morgan fingerprint density at radius 1 is 1.15 bits per heavy atom. The molecule has 0 aromatic carbocycles. The Kier molecular flexibility index (Phi) is 10.8. The van der Waals surface area contributed by atoms with E-state index >= 15 is 0 Å². The third-order valence-electron chi connectivity index (χ3n) is 5.24. The Bertz CT molecular complexity index is 994. The average molecular weight is 531 g/mol. The zero-order chi connectivity index (χ0) is 25.5. The van der Waals surface area contributed by atoms with E-state index in [1.54, 1.807) is 0 Å². The maximum absolute atomic E-state index is 13.5. The summed E-state index contributed by atoms with van der Waals surface area (Å²) >= 11 is 0. The van der Waals surface area contributed by atoms with E-state index in [-0.39, 0.29) is 26.0 Å². The predicted octanol–water partition coefficient (Wildman–Crippen LogP) is -1.26. The van der Waals surface area contributed by atoms with Crippen LogP contribution in [0.5, 0.6) is 0 Å². The number of hydrogen-bond donors (Lipinski definition) is 7. The fraction of sp³-hybridized carbons (Fsp3) is 0.765. The lowest BCUT2D eigenvalue weighted by atomic mass is 10.1. The van der Waals surface area contributed by atoms with Gasteiger partial charge >= 0.3 is 21.1 Å². The lowest BCUT2D eigenvalue weighted by molar-refractivity contribution is -0.0527. The van der Waals surface area contributed by atoms with E-state index in [0.29, 0.717) is 19.3 Å². The minimum Gasteiger partial charge on any atom is -0.396 e. The minimum absolute atomic E-state index is 0.139. The summed E-state index contributed by atoms with van der Waals surface area (Å²) in [4.78, 5) is 43.9. The van der Waals surface area contributed by atoms with Gasteiger partial charge in [0.15, 0.2) is 6.23 Å². The summed E-state index contributed by atoms with van der Waals surface area (Å²) in [6.07, 6.45) is -3.66. The van der Waals surface area contributed by atoms with Crippen LogP contribution in [-0.4, -0.2) is 78.4 Å². The molecule has 1 aliphatic heterocycles. The normalized spacial score (nSPS) is 25.8. The van der Waals surface area contributed by atoms with Crippen LogP contribution in [-0.2, 0) is 22.7 Å². The van der Waals surface area contributed by atoms with Gasteiger partial charge in [-0.15, -0.1) is 0 Å². The maximum atomic E-state index is 13.5. The highest BCUT2D eigenvalue weighted by Crippen LogP contribution is 2.65. The van der Waals surface area contributed by atoms with E-state index in [0.717, 1.165) is 16.8 Å². The van der Waals surface area contributed by atoms with Gasteiger partial charge in [-0.1, -0.05) is 6.42 Å². The molecule has 1 fully saturated rings. The van der Waals surface area contributed by atoms with E-state index in [1.807, 2.05) is 4.98 Å². The number of phosphoric acid groups is 1. The summed E-state index contributed by atoms with van der Waals surface area (Å²) in [6, 6.07) is 1.00. The number of aromatic amines is 1. The van der Waals surface area contributed by atoms with Crippen LogP contribution in [0.2, 0.25) is 0 Å². The SMILES string of the molecule is NCCCC(CCCCO)P(=O)(OC[C@H]1O[C@@H](n2ccc(=O)[nH]c2=O)[C@H](O)[C@@H]1O)OP(=O)(O)O. The molecule has 1 aromatic heterocycles. The second-order valence-corrected chi connectivity index (χ2v) is 11.5. The number of rotatable bonds is 14. The third kappa shape index (κ3) is 7.90. The van der Waals surface area contributed by atoms with Crippen LogP contribution < -0.4 is 17.0 Å². The van der Waals surface area contributed by atoms with Crippen molar-refractivity contribution in [3.05, 3.63) is 33.1 Å². The van der Waals surface area contributed by atoms with Gasteiger partial charge in [-0.2, -0.15) is 0 Å². The van der Waals surface area contributed by atoms with Crippen molar-refractivity contribution in [3.63, 3.8) is 0 Å². The summed E-state index contributed by atoms with van der Waals surface area (Å²) in [7, 11) is -9.79. The zero-order valence-corrected chi connectivity index (χ0v) is 20.0. The molecule has 15 nitrogen and oxygen atoms in total. The largest absolute Gasteiger partial charge is 0.476 e. The van der Waals surface area contributed by atoms with Crippen molar-refractivity contribution in [2.75, 3.05) is 19.8 Å². The van der Waals surface area contributed by atoms with Gasteiger partial charge in [0.1, 0.15) is 18.3 Å². The lowest BCUT2D eigenvalue weighted by Gasteiger charge is -2.28. The first-order chi connectivity index (χ1) is 15.9. The van der Waals surface area contributed by atoms with E-state index in [4.69, 9.17) is 20.1 Å². The molecule has 34 heavy (non-hydrogen) atoms. The second kappa shape index (κ2) is 12.7. The molecule has 1 aromatic rings. The highest BCUT2D eigenvalue weighted by Gasteiger charge is 2.47. The van der Waals surface area contributed by atoms with Crippen LogP contribution in [0, 0.1) is 0 Å². The molecule has 0 spiro atoms. The first-order valence-corrected chi connectivity index (χ1v) is 13.7. The molecule has 1 saturated heterocycles. The molecule has 0 bridgehead atoms. The summed E-state index contributed by atoms with van der Waals surface area (Å²) in [6.45, 7) is -0.637. The van der Waals surface area contributed by atoms with Gasteiger partial charge in [0.05, 0.1) is 12.3 Å². The van der Waals surface area contributed by atoms with Crippen LogP contribution >= 0.6 is 15.4 Å². The molecule has 0 radical (unpaired) electrons. The van der Waals surface area contributed by atoms with Crippen molar-refractivity contribution in [2.24, 2.45) is 5.73 Å². The highest BCUT2D eigenvalue weighted by atomic mass is 31.3. The number of nitrogens with two attached hydrogens (primary N) is 1. The number of aliphatic hydroxyl groups excluding tert-OH is 3. The van der Waals surface area contributed by atoms with Gasteiger partial charge in [-0.05, 0) is 32.2 Å². The maximum Gasteiger partial charge on any atom is 0.476 e. The number of H-pyrrole nitrogens is 1. The van der Waals surface area contributed by atoms with Crippen molar-refractivity contribution >= 4 is 15.4 Å². The Hall–Kier alpha value is -1.22. The molecule has 0 aliphatic carbocycles. The number of unbranched alkanes of at least 4 members (excludes halogenated alkanes) is 1. The summed E-state index contributed by atoms with van der Waals surface area (Å²) in [5.74, 6) is 0. The van der Waals surface area contributed by atoms with Crippen LogP contribution in [0.4, 0.5) is 0 Å². The Balaban J connectivity index is 2.22. The monoisotopic (exact) mass is 531 g/mol. The molecule has 2 heterocycles. The van der Waals surface area contributed by atoms with Crippen molar-refractivity contribution in [3.8, 4) is 0 Å². The topological polar surface area (TPSA) is 244 Å². The number of nitrogens with zero attached hydrogens (tertiary/aromatic N) is 1. The van der Waals surface area contributed by atoms with Gasteiger partial charge in [0.2, 0.25) is 0 Å². The average Bonchev–Trinajstić information content (AvgIpc) is 3.02. The second-order valence-electron chi connectivity index (χ2n) is 7.78. The first kappa shape index (κ1) is 29.0. The molecule has 8 N–H and O–H groups in total. The first-order valence-electron chi connectivity index (χ1n) is 10.6. The smallest absolute Gasteiger partial charge is 0.396 e. The van der Waals surface area contributed by atoms with E-state index < -0.39 is 63.5 Å². The number of hydrogen-bond acceptors (Lipinski definition) is 11. The van der Waals surface area contributed by atoms with Gasteiger partial charge in [0.25, 0.3) is 5.56 Å².